The number of aliphatic hydroxyl groups excluding tert-OH is 1. The number of pyridine rings is 1. The lowest BCUT2D eigenvalue weighted by Crippen LogP contribution is -2.43. The summed E-state index contributed by atoms with van der Waals surface area (Å²) in [6, 6.07) is 7.96. The van der Waals surface area contributed by atoms with Gasteiger partial charge in [-0.3, -0.25) is 4.98 Å². The van der Waals surface area contributed by atoms with Crippen molar-refractivity contribution in [2.24, 2.45) is 0 Å². The molecule has 1 saturated heterocycles. The van der Waals surface area contributed by atoms with E-state index in [2.05, 4.69) is 14.5 Å². The molecule has 2 atom stereocenters. The Labute approximate surface area is 170 Å². The van der Waals surface area contributed by atoms with E-state index in [9.17, 15) is 9.90 Å². The molecule has 7 heteroatoms. The van der Waals surface area contributed by atoms with Crippen LogP contribution in [0.15, 0.2) is 30.5 Å². The fourth-order valence-electron chi connectivity index (χ4n) is 4.07. The largest absolute Gasteiger partial charge is 0.444 e. The molecule has 2 aromatic heterocycles. The Hall–Kier alpha value is -2.67. The number of imidazole rings is 1. The normalized spacial score (nSPS) is 18.9. The van der Waals surface area contributed by atoms with Crippen LogP contribution in [0.5, 0.6) is 0 Å². The van der Waals surface area contributed by atoms with E-state index in [4.69, 9.17) is 4.74 Å². The number of carbonyl (C=O) groups is 1. The predicted octanol–water partition coefficient (Wildman–Crippen LogP) is 4.21. The Kier molecular flexibility index (Phi) is 4.94. The first-order valence-corrected chi connectivity index (χ1v) is 10.2. The Morgan fingerprint density at radius 1 is 1.28 bits per heavy atom. The van der Waals surface area contributed by atoms with Gasteiger partial charge in [-0.25, -0.2) is 9.78 Å². The summed E-state index contributed by atoms with van der Waals surface area (Å²) in [7, 11) is 0. The number of piperidine rings is 1. The molecular weight excluding hydrogens is 368 g/mol. The molecule has 3 aromatic rings. The zero-order valence-electron chi connectivity index (χ0n) is 17.4. The van der Waals surface area contributed by atoms with E-state index in [1.807, 2.05) is 45.0 Å². The van der Waals surface area contributed by atoms with Gasteiger partial charge in [-0.05, 0) is 46.6 Å². The SMILES string of the molecule is CC(O)c1nc2cnc3ccccc3c2n1C1CCCN(C(=O)OC(C)(C)C)C1. The van der Waals surface area contributed by atoms with Crippen LogP contribution < -0.4 is 0 Å². The zero-order valence-corrected chi connectivity index (χ0v) is 17.4. The van der Waals surface area contributed by atoms with Crippen molar-refractivity contribution in [2.45, 2.75) is 58.3 Å². The van der Waals surface area contributed by atoms with Crippen LogP contribution in [0, 0.1) is 0 Å². The molecule has 0 spiro atoms. The highest BCUT2D eigenvalue weighted by molar-refractivity contribution is 6.02. The second-order valence-electron chi connectivity index (χ2n) is 8.75. The number of carbonyl (C=O) groups excluding carboxylic acids is 1. The van der Waals surface area contributed by atoms with Gasteiger partial charge in [-0.1, -0.05) is 18.2 Å². The average Bonchev–Trinajstić information content (AvgIpc) is 3.07. The average molecular weight is 396 g/mol. The van der Waals surface area contributed by atoms with Crippen LogP contribution in [0.2, 0.25) is 0 Å². The van der Waals surface area contributed by atoms with Gasteiger partial charge in [0.15, 0.2) is 0 Å². The lowest BCUT2D eigenvalue weighted by atomic mass is 10.0. The summed E-state index contributed by atoms with van der Waals surface area (Å²) in [6.45, 7) is 8.55. The van der Waals surface area contributed by atoms with Crippen molar-refractivity contribution in [1.82, 2.24) is 19.4 Å². The van der Waals surface area contributed by atoms with Gasteiger partial charge in [0.1, 0.15) is 23.0 Å². The van der Waals surface area contributed by atoms with Crippen molar-refractivity contribution >= 4 is 28.0 Å². The monoisotopic (exact) mass is 396 g/mol. The fourth-order valence-corrected chi connectivity index (χ4v) is 4.07. The quantitative estimate of drug-likeness (QED) is 0.702. The van der Waals surface area contributed by atoms with E-state index in [1.54, 1.807) is 18.0 Å². The molecule has 0 aliphatic carbocycles. The number of likely N-dealkylation sites (tertiary alicyclic amines) is 1. The number of amides is 1. The van der Waals surface area contributed by atoms with Crippen LogP contribution in [0.3, 0.4) is 0 Å². The highest BCUT2D eigenvalue weighted by Crippen LogP contribution is 2.34. The second-order valence-corrected chi connectivity index (χ2v) is 8.75. The number of rotatable bonds is 2. The molecule has 1 amide bonds. The molecule has 2 unspecified atom stereocenters. The van der Waals surface area contributed by atoms with Crippen molar-refractivity contribution in [3.05, 3.63) is 36.3 Å². The maximum absolute atomic E-state index is 12.6. The Balaban J connectivity index is 1.79. The third kappa shape index (κ3) is 3.79. The molecule has 4 rings (SSSR count). The number of hydrogen-bond donors (Lipinski definition) is 1. The number of aliphatic hydroxyl groups is 1. The summed E-state index contributed by atoms with van der Waals surface area (Å²) < 4.78 is 7.69. The van der Waals surface area contributed by atoms with Crippen LogP contribution in [-0.2, 0) is 4.74 Å². The summed E-state index contributed by atoms with van der Waals surface area (Å²) in [5, 5.41) is 11.4. The van der Waals surface area contributed by atoms with Crippen LogP contribution in [0.1, 0.15) is 58.5 Å². The molecule has 3 heterocycles. The Bertz CT molecular complexity index is 1050. The molecule has 1 fully saturated rings. The molecule has 1 aromatic carbocycles. The molecule has 7 nitrogen and oxygen atoms in total. The summed E-state index contributed by atoms with van der Waals surface area (Å²) in [5.74, 6) is 0.606. The molecule has 1 N–H and O–H groups in total. The van der Waals surface area contributed by atoms with E-state index in [0.29, 0.717) is 18.9 Å². The highest BCUT2D eigenvalue weighted by atomic mass is 16.6. The highest BCUT2D eigenvalue weighted by Gasteiger charge is 2.31. The van der Waals surface area contributed by atoms with Crippen molar-refractivity contribution < 1.29 is 14.6 Å². The number of nitrogens with zero attached hydrogens (tertiary/aromatic N) is 4. The number of benzene rings is 1. The van der Waals surface area contributed by atoms with Crippen molar-refractivity contribution in [1.29, 1.82) is 0 Å². The van der Waals surface area contributed by atoms with Crippen LogP contribution >= 0.6 is 0 Å². The topological polar surface area (TPSA) is 80.5 Å². The number of ether oxygens (including phenoxy) is 1. The van der Waals surface area contributed by atoms with Gasteiger partial charge in [-0.2, -0.15) is 0 Å². The second kappa shape index (κ2) is 7.30. The van der Waals surface area contributed by atoms with Crippen molar-refractivity contribution in [3.8, 4) is 0 Å². The van der Waals surface area contributed by atoms with E-state index in [-0.39, 0.29) is 12.1 Å². The summed E-state index contributed by atoms with van der Waals surface area (Å²) in [6.07, 6.45) is 2.51. The maximum atomic E-state index is 12.6. The minimum atomic E-state index is -0.724. The van der Waals surface area contributed by atoms with Crippen LogP contribution in [0.4, 0.5) is 4.79 Å². The molecular formula is C22H28N4O3. The first kappa shape index (κ1) is 19.6. The van der Waals surface area contributed by atoms with Crippen LogP contribution in [0.25, 0.3) is 21.9 Å². The Morgan fingerprint density at radius 2 is 2.03 bits per heavy atom. The molecule has 154 valence electrons. The fraction of sp³-hybridized carbons (Fsp3) is 0.500. The van der Waals surface area contributed by atoms with Crippen LogP contribution in [-0.4, -0.2) is 49.3 Å². The van der Waals surface area contributed by atoms with E-state index in [0.717, 1.165) is 34.8 Å². The van der Waals surface area contributed by atoms with Gasteiger partial charge >= 0.3 is 6.09 Å². The molecule has 1 aliphatic heterocycles. The van der Waals surface area contributed by atoms with Gasteiger partial charge in [0, 0.05) is 18.5 Å². The minimum Gasteiger partial charge on any atom is -0.444 e. The molecule has 1 aliphatic rings. The third-order valence-electron chi connectivity index (χ3n) is 5.24. The number of aromatic nitrogens is 3. The molecule has 0 bridgehead atoms. The lowest BCUT2D eigenvalue weighted by Gasteiger charge is -2.35. The third-order valence-corrected chi connectivity index (χ3v) is 5.24. The summed E-state index contributed by atoms with van der Waals surface area (Å²) in [5.41, 5.74) is 2.08. The van der Waals surface area contributed by atoms with Crippen molar-refractivity contribution in [2.75, 3.05) is 13.1 Å². The smallest absolute Gasteiger partial charge is 0.410 e. The first-order chi connectivity index (χ1) is 13.7. The summed E-state index contributed by atoms with van der Waals surface area (Å²) >= 11 is 0. The Morgan fingerprint density at radius 3 is 2.76 bits per heavy atom. The van der Waals surface area contributed by atoms with E-state index in [1.165, 1.54) is 0 Å². The number of para-hydroxylation sites is 1. The molecule has 0 saturated carbocycles. The standard InChI is InChI=1S/C22H28N4O3/c1-14(27)20-24-18-12-23-17-10-6-5-9-16(17)19(18)26(20)15-8-7-11-25(13-15)21(28)29-22(2,3)4/h5-6,9-10,12,14-15,27H,7-8,11,13H2,1-4H3. The zero-order chi connectivity index (χ0) is 20.8. The number of fused-ring (bicyclic) bond motifs is 3. The number of hydrogen-bond acceptors (Lipinski definition) is 5. The molecule has 29 heavy (non-hydrogen) atoms. The van der Waals surface area contributed by atoms with Gasteiger partial charge in [-0.15, -0.1) is 0 Å². The maximum Gasteiger partial charge on any atom is 0.410 e. The van der Waals surface area contributed by atoms with Crippen molar-refractivity contribution in [3.63, 3.8) is 0 Å². The van der Waals surface area contributed by atoms with E-state index >= 15 is 0 Å². The lowest BCUT2D eigenvalue weighted by molar-refractivity contribution is 0.0170. The van der Waals surface area contributed by atoms with Gasteiger partial charge in [0.25, 0.3) is 0 Å². The van der Waals surface area contributed by atoms with E-state index < -0.39 is 11.7 Å². The summed E-state index contributed by atoms with van der Waals surface area (Å²) in [4.78, 5) is 23.6. The first-order valence-electron chi connectivity index (χ1n) is 10.2. The van der Waals surface area contributed by atoms with Gasteiger partial charge in [0.2, 0.25) is 0 Å². The minimum absolute atomic E-state index is 0.0108. The van der Waals surface area contributed by atoms with Gasteiger partial charge in [0.05, 0.1) is 23.3 Å². The molecule has 0 radical (unpaired) electrons. The van der Waals surface area contributed by atoms with Gasteiger partial charge < -0.3 is 19.3 Å². The predicted molar refractivity (Wildman–Crippen MR) is 112 cm³/mol.